The lowest BCUT2D eigenvalue weighted by atomic mass is 10.1. The Kier molecular flexibility index (Phi) is 7.85. The van der Waals surface area contributed by atoms with Gasteiger partial charge < -0.3 is 9.47 Å². The number of carbonyl (C=O) groups excluding carboxylic acids is 1. The molecule has 0 aliphatic rings. The van der Waals surface area contributed by atoms with Gasteiger partial charge in [0.05, 0.1) is 30.5 Å². The Hall–Kier alpha value is -3.92. The predicted octanol–water partition coefficient (Wildman–Crippen LogP) is 3.58. The van der Waals surface area contributed by atoms with Crippen molar-refractivity contribution in [3.63, 3.8) is 0 Å². The number of amides is 1. The minimum Gasteiger partial charge on any atom is -0.497 e. The first-order valence-corrected chi connectivity index (χ1v) is 11.6. The van der Waals surface area contributed by atoms with Crippen LogP contribution in [0.25, 0.3) is 0 Å². The third kappa shape index (κ3) is 5.70. The lowest BCUT2D eigenvalue weighted by molar-refractivity contribution is -0.119. The lowest BCUT2D eigenvalue weighted by Gasteiger charge is -2.25. The molecule has 0 saturated carbocycles. The molecular weight excluding hydrogens is 461 g/mol. The highest BCUT2D eigenvalue weighted by atomic mass is 32.2. The summed E-state index contributed by atoms with van der Waals surface area (Å²) >= 11 is 0. The number of methoxy groups -OCH3 is 2. The van der Waals surface area contributed by atoms with Gasteiger partial charge in [0.15, 0.2) is 0 Å². The molecule has 0 heterocycles. The average Bonchev–Trinajstić information content (AvgIpc) is 2.86. The normalized spacial score (nSPS) is 11.6. The molecule has 3 aromatic rings. The van der Waals surface area contributed by atoms with Crippen LogP contribution in [0.5, 0.6) is 11.5 Å². The van der Waals surface area contributed by atoms with Gasteiger partial charge in [-0.2, -0.15) is 5.10 Å². The van der Waals surface area contributed by atoms with Gasteiger partial charge in [0.2, 0.25) is 0 Å². The van der Waals surface area contributed by atoms with Gasteiger partial charge in [-0.1, -0.05) is 24.3 Å². The molecule has 0 radical (unpaired) electrons. The lowest BCUT2D eigenvalue weighted by Crippen LogP contribution is -2.40. The van der Waals surface area contributed by atoms with E-state index in [-0.39, 0.29) is 16.3 Å². The largest absolute Gasteiger partial charge is 0.497 e. The number of carbonyl (C=O) groups is 1. The van der Waals surface area contributed by atoms with Crippen molar-refractivity contribution in [3.05, 3.63) is 84.2 Å². The number of rotatable bonds is 9. The number of hydrazone groups is 1. The van der Waals surface area contributed by atoms with E-state index in [1.807, 2.05) is 0 Å². The van der Waals surface area contributed by atoms with E-state index in [1.165, 1.54) is 62.8 Å². The van der Waals surface area contributed by atoms with Gasteiger partial charge in [-0.05, 0) is 61.0 Å². The van der Waals surface area contributed by atoms with Crippen LogP contribution >= 0.6 is 0 Å². The number of hydrogen-bond donors (Lipinski definition) is 1. The summed E-state index contributed by atoms with van der Waals surface area (Å²) in [6.45, 7) is 1.08. The van der Waals surface area contributed by atoms with E-state index in [1.54, 1.807) is 31.2 Å². The van der Waals surface area contributed by atoms with Crippen LogP contribution in [-0.2, 0) is 14.8 Å². The molecule has 8 nitrogen and oxygen atoms in total. The van der Waals surface area contributed by atoms with Crippen LogP contribution < -0.4 is 19.2 Å². The number of nitrogens with zero attached hydrogens (tertiary/aromatic N) is 2. The topological polar surface area (TPSA) is 97.3 Å². The Morgan fingerprint density at radius 3 is 2.24 bits per heavy atom. The summed E-state index contributed by atoms with van der Waals surface area (Å²) in [5, 5.41) is 4.02. The molecule has 0 atom stereocenters. The fourth-order valence-corrected chi connectivity index (χ4v) is 4.51. The number of benzene rings is 3. The molecule has 34 heavy (non-hydrogen) atoms. The summed E-state index contributed by atoms with van der Waals surface area (Å²) in [6, 6.07) is 17.9. The molecule has 1 N–H and O–H groups in total. The molecular formula is C24H24FN3O5S. The van der Waals surface area contributed by atoms with E-state index in [2.05, 4.69) is 10.5 Å². The molecule has 178 valence electrons. The van der Waals surface area contributed by atoms with Gasteiger partial charge in [0, 0.05) is 0 Å². The van der Waals surface area contributed by atoms with Crippen LogP contribution in [0.2, 0.25) is 0 Å². The Balaban J connectivity index is 1.91. The number of para-hydroxylation sites is 2. The molecule has 0 bridgehead atoms. The average molecular weight is 486 g/mol. The number of sulfonamides is 1. The number of ether oxygens (including phenoxy) is 2. The van der Waals surface area contributed by atoms with Gasteiger partial charge in [0.1, 0.15) is 23.9 Å². The van der Waals surface area contributed by atoms with Crippen molar-refractivity contribution in [2.75, 3.05) is 25.1 Å². The van der Waals surface area contributed by atoms with Gasteiger partial charge in [-0.15, -0.1) is 0 Å². The van der Waals surface area contributed by atoms with Crippen LogP contribution in [0.3, 0.4) is 0 Å². The van der Waals surface area contributed by atoms with Crippen molar-refractivity contribution in [3.8, 4) is 11.5 Å². The van der Waals surface area contributed by atoms with E-state index in [9.17, 15) is 17.6 Å². The zero-order valence-electron chi connectivity index (χ0n) is 18.9. The maximum Gasteiger partial charge on any atom is 0.264 e. The van der Waals surface area contributed by atoms with Crippen molar-refractivity contribution >= 4 is 27.3 Å². The molecule has 0 saturated heterocycles. The highest BCUT2D eigenvalue weighted by Gasteiger charge is 2.29. The standard InChI is InChI=1S/C24H24FN3O5S/c1-17(18-8-10-19(25)11-9-18)26-27-24(29)16-28(22-6-4-5-7-23(22)33-3)34(30,31)21-14-12-20(32-2)13-15-21/h4-15H,16H2,1-3H3,(H,27,29)/b26-17-. The quantitative estimate of drug-likeness (QED) is 0.369. The van der Waals surface area contributed by atoms with Crippen LogP contribution in [0.15, 0.2) is 82.8 Å². The monoisotopic (exact) mass is 485 g/mol. The van der Waals surface area contributed by atoms with Crippen LogP contribution in [0.1, 0.15) is 12.5 Å². The van der Waals surface area contributed by atoms with Gasteiger partial charge in [-0.3, -0.25) is 9.10 Å². The predicted molar refractivity (Wildman–Crippen MR) is 127 cm³/mol. The number of halogens is 1. The van der Waals surface area contributed by atoms with Crippen LogP contribution in [-0.4, -0.2) is 40.8 Å². The van der Waals surface area contributed by atoms with Gasteiger partial charge in [0.25, 0.3) is 15.9 Å². The fourth-order valence-electron chi connectivity index (χ4n) is 3.08. The van der Waals surface area contributed by atoms with E-state index in [0.717, 1.165) is 4.31 Å². The van der Waals surface area contributed by atoms with E-state index >= 15 is 0 Å². The smallest absolute Gasteiger partial charge is 0.264 e. The summed E-state index contributed by atoms with van der Waals surface area (Å²) in [4.78, 5) is 12.7. The second kappa shape index (κ2) is 10.8. The first kappa shape index (κ1) is 24.7. The first-order valence-electron chi connectivity index (χ1n) is 10.1. The van der Waals surface area contributed by atoms with Crippen LogP contribution in [0.4, 0.5) is 10.1 Å². The molecule has 0 aromatic heterocycles. The Morgan fingerprint density at radius 2 is 1.62 bits per heavy atom. The van der Waals surface area contributed by atoms with E-state index < -0.39 is 28.3 Å². The SMILES string of the molecule is COc1ccc(S(=O)(=O)N(CC(=O)N/N=C(/C)c2ccc(F)cc2)c2ccccc2OC)cc1. The molecule has 0 aliphatic heterocycles. The molecule has 3 rings (SSSR count). The van der Waals surface area contributed by atoms with Crippen molar-refractivity contribution in [1.82, 2.24) is 5.43 Å². The highest BCUT2D eigenvalue weighted by Crippen LogP contribution is 2.32. The van der Waals surface area contributed by atoms with Crippen molar-refractivity contribution in [2.24, 2.45) is 5.10 Å². The molecule has 0 fully saturated rings. The minimum absolute atomic E-state index is 0.0296. The van der Waals surface area contributed by atoms with Crippen molar-refractivity contribution in [1.29, 1.82) is 0 Å². The maximum atomic E-state index is 13.5. The first-order chi connectivity index (χ1) is 16.3. The minimum atomic E-state index is -4.16. The van der Waals surface area contributed by atoms with Gasteiger partial charge >= 0.3 is 0 Å². The molecule has 1 amide bonds. The number of nitrogens with one attached hydrogen (secondary N) is 1. The van der Waals surface area contributed by atoms with Crippen molar-refractivity contribution in [2.45, 2.75) is 11.8 Å². The zero-order chi connectivity index (χ0) is 24.7. The second-order valence-electron chi connectivity index (χ2n) is 7.10. The summed E-state index contributed by atoms with van der Waals surface area (Å²) < 4.78 is 51.5. The Morgan fingerprint density at radius 1 is 0.971 bits per heavy atom. The van der Waals surface area contributed by atoms with E-state index in [0.29, 0.717) is 17.0 Å². The molecule has 3 aromatic carbocycles. The fraction of sp³-hybridized carbons (Fsp3) is 0.167. The summed E-state index contributed by atoms with van der Waals surface area (Å²) in [5.41, 5.74) is 3.59. The molecule has 0 unspecified atom stereocenters. The zero-order valence-corrected chi connectivity index (χ0v) is 19.7. The Labute approximate surface area is 197 Å². The van der Waals surface area contributed by atoms with Gasteiger partial charge in [-0.25, -0.2) is 18.2 Å². The maximum absolute atomic E-state index is 13.5. The summed E-state index contributed by atoms with van der Waals surface area (Å²) in [6.07, 6.45) is 0. The summed E-state index contributed by atoms with van der Waals surface area (Å²) in [7, 11) is -1.27. The van der Waals surface area contributed by atoms with E-state index in [4.69, 9.17) is 9.47 Å². The van der Waals surface area contributed by atoms with Crippen molar-refractivity contribution < 1.29 is 27.1 Å². The highest BCUT2D eigenvalue weighted by molar-refractivity contribution is 7.92. The third-order valence-corrected chi connectivity index (χ3v) is 6.67. The summed E-state index contributed by atoms with van der Waals surface area (Å²) in [5.74, 6) is -0.300. The van der Waals surface area contributed by atoms with Crippen LogP contribution in [0, 0.1) is 5.82 Å². The number of anilines is 1. The molecule has 0 spiro atoms. The second-order valence-corrected chi connectivity index (χ2v) is 8.96. The molecule has 10 heteroatoms. The third-order valence-electron chi connectivity index (χ3n) is 4.90. The Bertz CT molecular complexity index is 1280. The molecule has 0 aliphatic carbocycles. The number of hydrogen-bond acceptors (Lipinski definition) is 6.